The van der Waals surface area contributed by atoms with Crippen LogP contribution in [0.15, 0.2) is 56.3 Å². The van der Waals surface area contributed by atoms with Crippen molar-refractivity contribution in [3.05, 3.63) is 57.0 Å². The first-order valence-corrected chi connectivity index (χ1v) is 9.31. The van der Waals surface area contributed by atoms with Crippen molar-refractivity contribution in [2.75, 3.05) is 11.6 Å². The van der Waals surface area contributed by atoms with E-state index in [1.807, 2.05) is 0 Å². The van der Waals surface area contributed by atoms with E-state index in [4.69, 9.17) is 0 Å². The van der Waals surface area contributed by atoms with Gasteiger partial charge in [-0.15, -0.1) is 0 Å². The molecular formula is C14H11Br2NO3S. The Morgan fingerprint density at radius 3 is 2.19 bits per heavy atom. The second kappa shape index (κ2) is 6.29. The minimum absolute atomic E-state index is 0.213. The highest BCUT2D eigenvalue weighted by Crippen LogP contribution is 2.23. The summed E-state index contributed by atoms with van der Waals surface area (Å²) in [5.41, 5.74) is 1.02. The Labute approximate surface area is 139 Å². The molecule has 0 unspecified atom stereocenters. The van der Waals surface area contributed by atoms with Crippen LogP contribution in [0, 0.1) is 0 Å². The zero-order valence-corrected chi connectivity index (χ0v) is 14.9. The number of nitrogens with one attached hydrogen (secondary N) is 1. The van der Waals surface area contributed by atoms with Gasteiger partial charge < -0.3 is 5.32 Å². The molecular weight excluding hydrogens is 422 g/mol. The molecule has 0 saturated heterocycles. The average Bonchev–Trinajstić information content (AvgIpc) is 2.38. The van der Waals surface area contributed by atoms with Crippen LogP contribution >= 0.6 is 31.9 Å². The van der Waals surface area contributed by atoms with Crippen LogP contribution in [0.5, 0.6) is 0 Å². The Hall–Kier alpha value is -1.18. The van der Waals surface area contributed by atoms with Crippen LogP contribution in [0.25, 0.3) is 0 Å². The van der Waals surface area contributed by atoms with Crippen LogP contribution in [0.3, 0.4) is 0 Å². The number of halogens is 2. The first kappa shape index (κ1) is 16.2. The highest BCUT2D eigenvalue weighted by atomic mass is 79.9. The fourth-order valence-corrected chi connectivity index (χ4v) is 3.52. The van der Waals surface area contributed by atoms with Crippen LogP contribution in [0.4, 0.5) is 5.69 Å². The van der Waals surface area contributed by atoms with Crippen molar-refractivity contribution < 1.29 is 13.2 Å². The summed E-state index contributed by atoms with van der Waals surface area (Å²) in [6.07, 6.45) is 1.14. The van der Waals surface area contributed by atoms with Gasteiger partial charge in [-0.05, 0) is 58.4 Å². The fourth-order valence-electron chi connectivity index (χ4n) is 1.66. The van der Waals surface area contributed by atoms with Crippen LogP contribution < -0.4 is 5.32 Å². The lowest BCUT2D eigenvalue weighted by molar-refractivity contribution is 0.102. The van der Waals surface area contributed by atoms with E-state index in [1.165, 1.54) is 12.1 Å². The maximum Gasteiger partial charge on any atom is 0.256 e. The van der Waals surface area contributed by atoms with E-state index in [0.717, 1.165) is 10.7 Å². The van der Waals surface area contributed by atoms with Crippen molar-refractivity contribution in [1.82, 2.24) is 0 Å². The molecule has 0 aliphatic carbocycles. The number of carbonyl (C=O) groups is 1. The molecule has 0 aliphatic rings. The van der Waals surface area contributed by atoms with Crippen LogP contribution in [-0.2, 0) is 9.84 Å². The van der Waals surface area contributed by atoms with Crippen LogP contribution in [-0.4, -0.2) is 20.6 Å². The average molecular weight is 433 g/mol. The zero-order chi connectivity index (χ0) is 15.6. The normalized spacial score (nSPS) is 11.2. The van der Waals surface area contributed by atoms with Gasteiger partial charge in [-0.1, -0.05) is 15.9 Å². The number of anilines is 1. The number of hydrogen-bond acceptors (Lipinski definition) is 3. The molecule has 0 aliphatic heterocycles. The molecule has 1 N–H and O–H groups in total. The second-order valence-electron chi connectivity index (χ2n) is 4.37. The summed E-state index contributed by atoms with van der Waals surface area (Å²) in [6, 6.07) is 11.3. The third-order valence-electron chi connectivity index (χ3n) is 2.72. The number of sulfone groups is 1. The van der Waals surface area contributed by atoms with Gasteiger partial charge >= 0.3 is 0 Å². The summed E-state index contributed by atoms with van der Waals surface area (Å²) in [7, 11) is -3.24. The lowest BCUT2D eigenvalue weighted by Crippen LogP contribution is -2.12. The highest BCUT2D eigenvalue weighted by molar-refractivity contribution is 9.11. The third kappa shape index (κ3) is 4.15. The minimum Gasteiger partial charge on any atom is -0.322 e. The van der Waals surface area contributed by atoms with Crippen molar-refractivity contribution in [2.45, 2.75) is 4.90 Å². The van der Waals surface area contributed by atoms with Crippen molar-refractivity contribution in [2.24, 2.45) is 0 Å². The number of benzene rings is 2. The molecule has 4 nitrogen and oxygen atoms in total. The number of amides is 1. The van der Waals surface area contributed by atoms with Gasteiger partial charge in [0.2, 0.25) is 0 Å². The number of rotatable bonds is 3. The molecule has 1 amide bonds. The van der Waals surface area contributed by atoms with E-state index in [2.05, 4.69) is 37.2 Å². The smallest absolute Gasteiger partial charge is 0.256 e. The monoisotopic (exact) mass is 431 g/mol. The molecule has 0 heterocycles. The van der Waals surface area contributed by atoms with E-state index in [0.29, 0.717) is 15.7 Å². The molecule has 2 rings (SSSR count). The Morgan fingerprint density at radius 2 is 1.67 bits per heavy atom. The van der Waals surface area contributed by atoms with Crippen molar-refractivity contribution >= 4 is 53.3 Å². The van der Waals surface area contributed by atoms with E-state index in [9.17, 15) is 13.2 Å². The lowest BCUT2D eigenvalue weighted by Gasteiger charge is -2.08. The largest absolute Gasteiger partial charge is 0.322 e. The molecule has 110 valence electrons. The molecule has 0 aromatic heterocycles. The van der Waals surface area contributed by atoms with Gasteiger partial charge in [0, 0.05) is 20.9 Å². The van der Waals surface area contributed by atoms with Crippen LogP contribution in [0.2, 0.25) is 0 Å². The molecule has 0 fully saturated rings. The molecule has 7 heteroatoms. The molecule has 2 aromatic carbocycles. The topological polar surface area (TPSA) is 63.2 Å². The summed E-state index contributed by atoms with van der Waals surface area (Å²) < 4.78 is 24.3. The summed E-state index contributed by atoms with van der Waals surface area (Å²) in [5.74, 6) is -0.276. The summed E-state index contributed by atoms with van der Waals surface area (Å²) in [4.78, 5) is 12.4. The Balaban J connectivity index is 2.20. The third-order valence-corrected chi connectivity index (χ3v) is 4.99. The highest BCUT2D eigenvalue weighted by Gasteiger charge is 2.11. The molecule has 2 aromatic rings. The van der Waals surface area contributed by atoms with Gasteiger partial charge in [0.25, 0.3) is 5.91 Å². The molecule has 0 bridgehead atoms. The Bertz CT molecular complexity index is 786. The minimum atomic E-state index is -3.24. The zero-order valence-electron chi connectivity index (χ0n) is 10.9. The van der Waals surface area contributed by atoms with E-state index in [-0.39, 0.29) is 10.8 Å². The fraction of sp³-hybridized carbons (Fsp3) is 0.0714. The van der Waals surface area contributed by atoms with Gasteiger partial charge in [-0.25, -0.2) is 8.42 Å². The quantitative estimate of drug-likeness (QED) is 0.800. The van der Waals surface area contributed by atoms with Crippen molar-refractivity contribution in [1.29, 1.82) is 0 Å². The van der Waals surface area contributed by atoms with Crippen molar-refractivity contribution in [3.8, 4) is 0 Å². The van der Waals surface area contributed by atoms with Gasteiger partial charge in [0.05, 0.1) is 10.5 Å². The van der Waals surface area contributed by atoms with E-state index < -0.39 is 9.84 Å². The SMILES string of the molecule is CS(=O)(=O)c1ccc(NC(=O)c2ccc(Br)cc2Br)cc1. The van der Waals surface area contributed by atoms with Gasteiger partial charge in [-0.2, -0.15) is 0 Å². The second-order valence-corrected chi connectivity index (χ2v) is 8.16. The molecule has 0 atom stereocenters. The van der Waals surface area contributed by atoms with E-state index in [1.54, 1.807) is 30.3 Å². The Kier molecular flexibility index (Phi) is 4.85. The van der Waals surface area contributed by atoms with Gasteiger partial charge in [0.1, 0.15) is 0 Å². The molecule has 21 heavy (non-hydrogen) atoms. The van der Waals surface area contributed by atoms with E-state index >= 15 is 0 Å². The van der Waals surface area contributed by atoms with Gasteiger partial charge in [0.15, 0.2) is 9.84 Å². The maximum atomic E-state index is 12.2. The predicted molar refractivity (Wildman–Crippen MR) is 89.3 cm³/mol. The number of hydrogen-bond donors (Lipinski definition) is 1. The first-order chi connectivity index (χ1) is 9.77. The van der Waals surface area contributed by atoms with Crippen molar-refractivity contribution in [3.63, 3.8) is 0 Å². The first-order valence-electron chi connectivity index (χ1n) is 5.84. The van der Waals surface area contributed by atoms with Crippen LogP contribution in [0.1, 0.15) is 10.4 Å². The standard InChI is InChI=1S/C14H11Br2NO3S/c1-21(19,20)11-5-3-10(4-6-11)17-14(18)12-7-2-9(15)8-13(12)16/h2-8H,1H3,(H,17,18). The Morgan fingerprint density at radius 1 is 1.05 bits per heavy atom. The predicted octanol–water partition coefficient (Wildman–Crippen LogP) is 3.87. The molecule has 0 spiro atoms. The number of carbonyl (C=O) groups excluding carboxylic acids is 1. The summed E-state index contributed by atoms with van der Waals surface area (Å²) in [5, 5.41) is 2.72. The van der Waals surface area contributed by atoms with Gasteiger partial charge in [-0.3, -0.25) is 4.79 Å². The lowest BCUT2D eigenvalue weighted by atomic mass is 10.2. The molecule has 0 saturated carbocycles. The summed E-state index contributed by atoms with van der Waals surface area (Å²) in [6.45, 7) is 0. The molecule has 0 radical (unpaired) electrons. The summed E-state index contributed by atoms with van der Waals surface area (Å²) >= 11 is 6.65. The maximum absolute atomic E-state index is 12.2.